The first kappa shape index (κ1) is 38.1. The first-order chi connectivity index (χ1) is 22.8. The van der Waals surface area contributed by atoms with E-state index < -0.39 is 87.6 Å². The molecule has 0 bridgehead atoms. The van der Waals surface area contributed by atoms with Gasteiger partial charge in [-0.3, -0.25) is 14.4 Å². The van der Waals surface area contributed by atoms with Crippen molar-refractivity contribution >= 4 is 17.7 Å². The van der Waals surface area contributed by atoms with E-state index in [4.69, 9.17) is 14.2 Å². The van der Waals surface area contributed by atoms with Crippen LogP contribution in [0.1, 0.15) is 120 Å². The fourth-order valence-corrected chi connectivity index (χ4v) is 10.3. The Morgan fingerprint density at radius 3 is 2.29 bits per heavy atom. The summed E-state index contributed by atoms with van der Waals surface area (Å²) in [7, 11) is 0. The third-order valence-electron chi connectivity index (χ3n) is 12.9. The summed E-state index contributed by atoms with van der Waals surface area (Å²) in [4.78, 5) is 39.6. The molecule has 0 amide bonds. The number of Topliss-reactive ketones (excluding diaryl/α,β-unsaturated/α-hetero) is 1. The molecule has 0 aromatic heterocycles. The van der Waals surface area contributed by atoms with Crippen LogP contribution in [0.5, 0.6) is 0 Å². The number of hydroxylamine groups is 2. The molecule has 2 saturated carbocycles. The predicted molar refractivity (Wildman–Crippen MR) is 181 cm³/mol. The van der Waals surface area contributed by atoms with E-state index in [2.05, 4.69) is 6.92 Å². The monoisotopic (exact) mass is 689 g/mol. The van der Waals surface area contributed by atoms with Gasteiger partial charge in [0.1, 0.15) is 23.9 Å². The number of aliphatic hydroxyl groups is 3. The number of carbonyl (C=O) groups is 3. The molecule has 0 aromatic rings. The molecule has 5 aliphatic rings. The number of carbonyl (C=O) groups excluding carboxylic acids is 3. The highest BCUT2D eigenvalue weighted by atomic mass is 16.6. The Balaban J connectivity index is 1.35. The standard InChI is InChI=1S/C38H59NO10/c1-9-10-13-16-35(39(46)33(5,6)22-47-35)17-14-11-12-15-29(42)48-32-24(3)37(45)27(30-34(7,8)38(30,32)49-25(4)41)19-26(21-40)20-36(44)28(37)18-23(2)31(36)43/h18-19,24,27-28,30,32,39-40,44-45H,9-17,20-22H2,1-8H3/t24-,27+,28-,30-,32-,35?,36-,37-,38-/m1/s1. The molecule has 276 valence electrons. The van der Waals surface area contributed by atoms with E-state index in [0.717, 1.165) is 19.3 Å². The highest BCUT2D eigenvalue weighted by molar-refractivity contribution is 6.04. The largest absolute Gasteiger partial charge is 0.632 e. The molecule has 3 fully saturated rings. The van der Waals surface area contributed by atoms with Gasteiger partial charge in [0, 0.05) is 61.7 Å². The van der Waals surface area contributed by atoms with Crippen LogP contribution in [0.25, 0.3) is 0 Å². The van der Waals surface area contributed by atoms with Gasteiger partial charge in [-0.05, 0) is 51.2 Å². The van der Waals surface area contributed by atoms with Crippen molar-refractivity contribution in [3.63, 3.8) is 0 Å². The van der Waals surface area contributed by atoms with Crippen molar-refractivity contribution in [2.45, 2.75) is 154 Å². The molecule has 10 atom stereocenters. The second-order valence-corrected chi connectivity index (χ2v) is 17.0. The molecule has 0 aromatic carbocycles. The van der Waals surface area contributed by atoms with Crippen LogP contribution in [0.15, 0.2) is 23.3 Å². The minimum atomic E-state index is -1.97. The van der Waals surface area contributed by atoms with Gasteiger partial charge in [-0.25, -0.2) is 0 Å². The number of ketones is 1. The van der Waals surface area contributed by atoms with Gasteiger partial charge in [0.25, 0.3) is 0 Å². The lowest BCUT2D eigenvalue weighted by Crippen LogP contribution is -3.20. The number of quaternary nitrogens is 1. The van der Waals surface area contributed by atoms with Gasteiger partial charge in [0.05, 0.1) is 12.2 Å². The van der Waals surface area contributed by atoms with E-state index in [-0.39, 0.29) is 17.9 Å². The molecule has 4 N–H and O–H groups in total. The minimum absolute atomic E-state index is 0.0921. The Kier molecular flexibility index (Phi) is 10.2. The van der Waals surface area contributed by atoms with E-state index in [1.807, 2.05) is 27.7 Å². The Hall–Kier alpha value is -2.15. The number of hydrogen-bond donors (Lipinski definition) is 4. The number of unbranched alkanes of at least 4 members (excludes halogenated alkanes) is 4. The van der Waals surface area contributed by atoms with Gasteiger partial charge in [0.15, 0.2) is 11.4 Å². The predicted octanol–water partition coefficient (Wildman–Crippen LogP) is 3.47. The van der Waals surface area contributed by atoms with E-state index >= 15 is 0 Å². The summed E-state index contributed by atoms with van der Waals surface area (Å²) in [6.07, 6.45) is 8.50. The van der Waals surface area contributed by atoms with E-state index in [1.165, 1.54) is 6.92 Å². The molecule has 11 heteroatoms. The fraction of sp³-hybridized carbons (Fsp3) is 0.816. The zero-order chi connectivity index (χ0) is 36.4. The molecule has 0 spiro atoms. The molecule has 4 aliphatic carbocycles. The molecule has 11 nitrogen and oxygen atoms in total. The van der Waals surface area contributed by atoms with E-state index in [0.29, 0.717) is 49.9 Å². The molecule has 2 unspecified atom stereocenters. The topological polar surface area (TPSA) is 167 Å². The van der Waals surface area contributed by atoms with Crippen LogP contribution in [-0.4, -0.2) is 80.4 Å². The highest BCUT2D eigenvalue weighted by Gasteiger charge is 2.87. The molecule has 1 aliphatic heterocycles. The summed E-state index contributed by atoms with van der Waals surface area (Å²) in [6.45, 7) is 14.5. The average Bonchev–Trinajstić information content (AvgIpc) is 3.33. The van der Waals surface area contributed by atoms with Gasteiger partial charge in [-0.15, -0.1) is 0 Å². The number of rotatable bonds is 13. The Labute approximate surface area is 291 Å². The van der Waals surface area contributed by atoms with Crippen LogP contribution >= 0.6 is 0 Å². The van der Waals surface area contributed by atoms with Crippen LogP contribution in [0, 0.1) is 34.3 Å². The molecule has 49 heavy (non-hydrogen) atoms. The molecule has 1 saturated heterocycles. The van der Waals surface area contributed by atoms with Crippen LogP contribution in [0.3, 0.4) is 0 Å². The Bertz CT molecular complexity index is 1390. The summed E-state index contributed by atoms with van der Waals surface area (Å²) >= 11 is 0. The first-order valence-electron chi connectivity index (χ1n) is 18.4. The summed E-state index contributed by atoms with van der Waals surface area (Å²) in [6, 6.07) is 0. The van der Waals surface area contributed by atoms with Gasteiger partial charge >= 0.3 is 11.9 Å². The zero-order valence-corrected chi connectivity index (χ0v) is 30.7. The fourth-order valence-electron chi connectivity index (χ4n) is 10.3. The number of esters is 2. The van der Waals surface area contributed by atoms with Crippen molar-refractivity contribution in [2.24, 2.45) is 29.1 Å². The molecule has 0 radical (unpaired) electrons. The maximum Gasteiger partial charge on any atom is 0.306 e. The van der Waals surface area contributed by atoms with Gasteiger partial charge in [0.2, 0.25) is 5.72 Å². The lowest BCUT2D eigenvalue weighted by Gasteiger charge is -2.53. The maximum absolute atomic E-state index is 13.6. The van der Waals surface area contributed by atoms with Gasteiger partial charge in [-0.2, -0.15) is 0 Å². The van der Waals surface area contributed by atoms with Crippen molar-refractivity contribution in [3.8, 4) is 0 Å². The van der Waals surface area contributed by atoms with Gasteiger partial charge in [-0.1, -0.05) is 59.1 Å². The first-order valence-corrected chi connectivity index (χ1v) is 18.4. The van der Waals surface area contributed by atoms with Crippen LogP contribution < -0.4 is 5.06 Å². The summed E-state index contributed by atoms with van der Waals surface area (Å²) in [5.74, 6) is -4.67. The lowest BCUT2D eigenvalue weighted by molar-refractivity contribution is -0.950. The van der Waals surface area contributed by atoms with Crippen molar-refractivity contribution in [1.82, 2.24) is 0 Å². The summed E-state index contributed by atoms with van der Waals surface area (Å²) in [5.41, 5.74) is -6.28. The number of ether oxygens (including phenoxy) is 3. The third-order valence-corrected chi connectivity index (χ3v) is 12.9. The van der Waals surface area contributed by atoms with Crippen molar-refractivity contribution in [3.05, 3.63) is 28.5 Å². The Morgan fingerprint density at radius 1 is 1.06 bits per heavy atom. The van der Waals surface area contributed by atoms with Gasteiger partial charge < -0.3 is 39.8 Å². The molecule has 5 rings (SSSR count). The summed E-state index contributed by atoms with van der Waals surface area (Å²) < 4.78 is 18.5. The molecule has 1 heterocycles. The lowest BCUT2D eigenvalue weighted by atomic mass is 9.59. The number of hydrogen-bond acceptors (Lipinski definition) is 10. The van der Waals surface area contributed by atoms with Crippen molar-refractivity contribution in [2.75, 3.05) is 13.2 Å². The van der Waals surface area contributed by atoms with Crippen LogP contribution in [-0.2, 0) is 28.6 Å². The van der Waals surface area contributed by atoms with Crippen LogP contribution in [0.2, 0.25) is 0 Å². The third kappa shape index (κ3) is 5.84. The Morgan fingerprint density at radius 2 is 1.71 bits per heavy atom. The second-order valence-electron chi connectivity index (χ2n) is 17.0. The number of nitrogens with one attached hydrogen (secondary N) is 1. The molecular formula is C38H59NO10. The summed E-state index contributed by atoms with van der Waals surface area (Å²) in [5, 5.41) is 48.5. The maximum atomic E-state index is 13.6. The minimum Gasteiger partial charge on any atom is -0.632 e. The second kappa shape index (κ2) is 13.1. The number of aliphatic hydroxyl groups excluding tert-OH is 1. The smallest absolute Gasteiger partial charge is 0.306 e. The van der Waals surface area contributed by atoms with E-state index in [9.17, 15) is 34.9 Å². The normalized spacial score (nSPS) is 41.5. The SMILES string of the molecule is CCCCCC1(CCCCCC(=O)O[C@@H]2[C@@H](C)[C@@]3(O)[C@@H](C=C(CO)C[C@]4(O)C(=O)C(C)=C[C@@H]34)[C@@H]3C(C)(C)[C@]23OC(C)=O)OCC(C)(C)[NH+]1[O-]. The van der Waals surface area contributed by atoms with E-state index in [1.54, 1.807) is 26.0 Å². The molecular weight excluding hydrogens is 630 g/mol. The number of fused-ring (bicyclic) bond motifs is 5. The van der Waals surface area contributed by atoms with Crippen molar-refractivity contribution in [1.29, 1.82) is 0 Å². The van der Waals surface area contributed by atoms with Crippen LogP contribution in [0.4, 0.5) is 0 Å². The van der Waals surface area contributed by atoms with Crippen molar-refractivity contribution < 1.29 is 49.0 Å². The zero-order valence-electron chi connectivity index (χ0n) is 30.7. The quantitative estimate of drug-likeness (QED) is 0.0974. The average molecular weight is 690 g/mol. The highest BCUT2D eigenvalue weighted by Crippen LogP contribution is 2.77.